The molecule has 0 bridgehead atoms. The van der Waals surface area contributed by atoms with E-state index in [1.54, 1.807) is 13.0 Å². The van der Waals surface area contributed by atoms with Gasteiger partial charge >= 0.3 is 6.03 Å². The maximum absolute atomic E-state index is 13.3. The second-order valence-electron chi connectivity index (χ2n) is 5.56. The molecule has 2 amide bonds. The number of carbonyl (C=O) groups excluding carboxylic acids is 1. The highest BCUT2D eigenvalue weighted by Crippen LogP contribution is 2.28. The molecule has 0 heterocycles. The third kappa shape index (κ3) is 6.12. The first-order chi connectivity index (χ1) is 10.1. The maximum Gasteiger partial charge on any atom is 0.315 e. The van der Waals surface area contributed by atoms with Gasteiger partial charge in [0, 0.05) is 26.3 Å². The van der Waals surface area contributed by atoms with Crippen molar-refractivity contribution < 1.29 is 13.9 Å². The summed E-state index contributed by atoms with van der Waals surface area (Å²) in [5, 5.41) is 5.47. The molecule has 0 aliphatic heterocycles. The Morgan fingerprint density at radius 3 is 2.90 bits per heavy atom. The molecule has 21 heavy (non-hydrogen) atoms. The summed E-state index contributed by atoms with van der Waals surface area (Å²) in [6.07, 6.45) is 3.39. The quantitative estimate of drug-likeness (QED) is 0.724. The summed E-state index contributed by atoms with van der Waals surface area (Å²) in [4.78, 5) is 11.6. The molecule has 0 spiro atoms. The van der Waals surface area contributed by atoms with Crippen molar-refractivity contribution in [3.05, 3.63) is 35.1 Å². The van der Waals surface area contributed by atoms with Gasteiger partial charge in [-0.05, 0) is 49.3 Å². The van der Waals surface area contributed by atoms with Crippen LogP contribution < -0.4 is 10.6 Å². The van der Waals surface area contributed by atoms with Crippen LogP contribution in [0.15, 0.2) is 18.2 Å². The van der Waals surface area contributed by atoms with Crippen molar-refractivity contribution in [3.63, 3.8) is 0 Å². The monoisotopic (exact) mass is 294 g/mol. The molecule has 0 aromatic heterocycles. The molecule has 0 saturated heterocycles. The van der Waals surface area contributed by atoms with E-state index in [9.17, 15) is 9.18 Å². The fourth-order valence-corrected chi connectivity index (χ4v) is 1.90. The molecule has 0 unspecified atom stereocenters. The zero-order valence-electron chi connectivity index (χ0n) is 12.5. The largest absolute Gasteiger partial charge is 0.381 e. The summed E-state index contributed by atoms with van der Waals surface area (Å²) in [6.45, 7) is 4.15. The van der Waals surface area contributed by atoms with Crippen molar-refractivity contribution in [2.24, 2.45) is 5.92 Å². The van der Waals surface area contributed by atoms with Gasteiger partial charge in [0.25, 0.3) is 0 Å². The number of ether oxygens (including phenoxy) is 1. The highest BCUT2D eigenvalue weighted by atomic mass is 19.1. The summed E-state index contributed by atoms with van der Waals surface area (Å²) in [7, 11) is 0. The van der Waals surface area contributed by atoms with Crippen molar-refractivity contribution in [1.29, 1.82) is 0 Å². The molecule has 0 radical (unpaired) electrons. The topological polar surface area (TPSA) is 50.4 Å². The van der Waals surface area contributed by atoms with Crippen LogP contribution in [0.3, 0.4) is 0 Å². The van der Waals surface area contributed by atoms with Crippen LogP contribution in [-0.2, 0) is 11.3 Å². The summed E-state index contributed by atoms with van der Waals surface area (Å²) < 4.78 is 18.8. The van der Waals surface area contributed by atoms with E-state index in [1.807, 2.05) is 6.07 Å². The predicted octanol–water partition coefficient (Wildman–Crippen LogP) is 2.75. The van der Waals surface area contributed by atoms with Crippen LogP contribution in [0.1, 0.15) is 30.4 Å². The zero-order chi connectivity index (χ0) is 15.1. The molecule has 1 aliphatic rings. The number of aryl methyl sites for hydroxylation is 1. The molecule has 1 saturated carbocycles. The molecular weight excluding hydrogens is 271 g/mol. The smallest absolute Gasteiger partial charge is 0.315 e. The fourth-order valence-electron chi connectivity index (χ4n) is 1.90. The molecular formula is C16H23FN2O2. The highest BCUT2D eigenvalue weighted by molar-refractivity contribution is 5.73. The van der Waals surface area contributed by atoms with Gasteiger partial charge in [0.15, 0.2) is 0 Å². The Bertz CT molecular complexity index is 475. The van der Waals surface area contributed by atoms with Gasteiger partial charge in [-0.25, -0.2) is 9.18 Å². The molecule has 4 nitrogen and oxygen atoms in total. The van der Waals surface area contributed by atoms with Gasteiger partial charge in [-0.3, -0.25) is 0 Å². The normalized spacial score (nSPS) is 14.0. The standard InChI is InChI=1S/C16H23FN2O2/c1-12-3-4-14(9-15(12)17)10-19-16(20)18-7-2-8-21-11-13-5-6-13/h3-4,9,13H,2,5-8,10-11H2,1H3,(H2,18,19,20). The van der Waals surface area contributed by atoms with Crippen LogP contribution >= 0.6 is 0 Å². The highest BCUT2D eigenvalue weighted by Gasteiger charge is 2.20. The Kier molecular flexibility index (Phi) is 5.99. The van der Waals surface area contributed by atoms with E-state index in [2.05, 4.69) is 10.6 Å². The lowest BCUT2D eigenvalue weighted by molar-refractivity contribution is 0.122. The number of nitrogens with one attached hydrogen (secondary N) is 2. The van der Waals surface area contributed by atoms with E-state index in [4.69, 9.17) is 4.74 Å². The van der Waals surface area contributed by atoms with Gasteiger partial charge in [0.2, 0.25) is 0 Å². The van der Waals surface area contributed by atoms with Gasteiger partial charge in [-0.1, -0.05) is 12.1 Å². The van der Waals surface area contributed by atoms with Crippen molar-refractivity contribution >= 4 is 6.03 Å². The van der Waals surface area contributed by atoms with Crippen LogP contribution in [0.25, 0.3) is 0 Å². The number of halogens is 1. The summed E-state index contributed by atoms with van der Waals surface area (Å²) in [5.74, 6) is 0.527. The summed E-state index contributed by atoms with van der Waals surface area (Å²) in [5.41, 5.74) is 1.36. The second-order valence-corrected chi connectivity index (χ2v) is 5.56. The Labute approximate surface area is 125 Å². The number of hydrogen-bond acceptors (Lipinski definition) is 2. The maximum atomic E-state index is 13.3. The van der Waals surface area contributed by atoms with E-state index in [1.165, 1.54) is 18.9 Å². The average molecular weight is 294 g/mol. The van der Waals surface area contributed by atoms with Crippen LogP contribution in [0, 0.1) is 18.7 Å². The molecule has 116 valence electrons. The molecule has 5 heteroatoms. The molecule has 1 fully saturated rings. The van der Waals surface area contributed by atoms with Crippen molar-refractivity contribution in [3.8, 4) is 0 Å². The molecule has 0 atom stereocenters. The number of benzene rings is 1. The summed E-state index contributed by atoms with van der Waals surface area (Å²) >= 11 is 0. The summed E-state index contributed by atoms with van der Waals surface area (Å²) in [6, 6.07) is 4.73. The molecule has 1 aromatic rings. The first-order valence-electron chi connectivity index (χ1n) is 7.49. The Morgan fingerprint density at radius 2 is 2.19 bits per heavy atom. The van der Waals surface area contributed by atoms with Gasteiger partial charge in [0.05, 0.1) is 0 Å². The third-order valence-electron chi connectivity index (χ3n) is 3.49. The van der Waals surface area contributed by atoms with E-state index in [0.717, 1.165) is 24.5 Å². The van der Waals surface area contributed by atoms with Gasteiger partial charge in [-0.15, -0.1) is 0 Å². The number of rotatable bonds is 8. The van der Waals surface area contributed by atoms with E-state index < -0.39 is 0 Å². The molecule has 1 aliphatic carbocycles. The Morgan fingerprint density at radius 1 is 1.38 bits per heavy atom. The predicted molar refractivity (Wildman–Crippen MR) is 79.5 cm³/mol. The van der Waals surface area contributed by atoms with Crippen LogP contribution in [0.2, 0.25) is 0 Å². The minimum absolute atomic E-state index is 0.238. The van der Waals surface area contributed by atoms with Crippen molar-refractivity contribution in [2.75, 3.05) is 19.8 Å². The fraction of sp³-hybridized carbons (Fsp3) is 0.562. The Hall–Kier alpha value is -1.62. The molecule has 2 N–H and O–H groups in total. The molecule has 1 aromatic carbocycles. The van der Waals surface area contributed by atoms with Crippen LogP contribution in [-0.4, -0.2) is 25.8 Å². The van der Waals surface area contributed by atoms with E-state index >= 15 is 0 Å². The first kappa shape index (κ1) is 15.8. The lowest BCUT2D eigenvalue weighted by Crippen LogP contribution is -2.35. The Balaban J connectivity index is 1.53. The zero-order valence-corrected chi connectivity index (χ0v) is 12.5. The number of urea groups is 1. The lowest BCUT2D eigenvalue weighted by atomic mass is 10.1. The number of carbonyl (C=O) groups is 1. The van der Waals surface area contributed by atoms with Gasteiger partial charge in [0.1, 0.15) is 5.82 Å². The van der Waals surface area contributed by atoms with Gasteiger partial charge in [-0.2, -0.15) is 0 Å². The van der Waals surface area contributed by atoms with Crippen molar-refractivity contribution in [2.45, 2.75) is 32.7 Å². The lowest BCUT2D eigenvalue weighted by Gasteiger charge is -2.08. The number of amides is 2. The minimum Gasteiger partial charge on any atom is -0.381 e. The molecule has 2 rings (SSSR count). The van der Waals surface area contributed by atoms with E-state index in [-0.39, 0.29) is 11.8 Å². The van der Waals surface area contributed by atoms with Crippen LogP contribution in [0.4, 0.5) is 9.18 Å². The average Bonchev–Trinajstić information content (AvgIpc) is 3.28. The SMILES string of the molecule is Cc1ccc(CNC(=O)NCCCOCC2CC2)cc1F. The van der Waals surface area contributed by atoms with Crippen molar-refractivity contribution in [1.82, 2.24) is 10.6 Å². The van der Waals surface area contributed by atoms with Crippen LogP contribution in [0.5, 0.6) is 0 Å². The minimum atomic E-state index is -0.248. The van der Waals surface area contributed by atoms with E-state index in [0.29, 0.717) is 25.3 Å². The second kappa shape index (κ2) is 7.98. The first-order valence-corrected chi connectivity index (χ1v) is 7.49. The third-order valence-corrected chi connectivity index (χ3v) is 3.49. The number of hydrogen-bond donors (Lipinski definition) is 2. The van der Waals surface area contributed by atoms with Gasteiger partial charge < -0.3 is 15.4 Å².